The zero-order chi connectivity index (χ0) is 17.8. The number of aromatic nitrogens is 1. The molecule has 1 unspecified atom stereocenters. The van der Waals surface area contributed by atoms with Gasteiger partial charge in [0.2, 0.25) is 0 Å². The number of pyridine rings is 1. The zero-order valence-electron chi connectivity index (χ0n) is 15.7. The molecule has 0 saturated heterocycles. The highest BCUT2D eigenvalue weighted by molar-refractivity contribution is 5.64. The van der Waals surface area contributed by atoms with E-state index in [1.807, 2.05) is 37.5 Å². The summed E-state index contributed by atoms with van der Waals surface area (Å²) >= 11 is 0. The predicted molar refractivity (Wildman–Crippen MR) is 108 cm³/mol. The molecule has 0 N–H and O–H groups in total. The van der Waals surface area contributed by atoms with E-state index in [9.17, 15) is 0 Å². The molecule has 2 aromatic rings. The van der Waals surface area contributed by atoms with Crippen molar-refractivity contribution in [2.24, 2.45) is 5.92 Å². The summed E-state index contributed by atoms with van der Waals surface area (Å²) in [5, 5.41) is 0. The Hall–Kier alpha value is -2.15. The van der Waals surface area contributed by atoms with Crippen LogP contribution in [0.2, 0.25) is 0 Å². The number of hydrogen-bond acceptors (Lipinski definition) is 1. The SMILES string of the molecule is C/C=C\c1cnccc1/C=C\C(C)CC.CC(C)c1ccccc1. The van der Waals surface area contributed by atoms with Crippen molar-refractivity contribution in [2.75, 3.05) is 0 Å². The molecule has 1 heteroatoms. The number of nitrogens with zero attached hydrogens (tertiary/aromatic N) is 1. The van der Waals surface area contributed by atoms with Crippen molar-refractivity contribution in [1.29, 1.82) is 0 Å². The van der Waals surface area contributed by atoms with Gasteiger partial charge in [0.15, 0.2) is 0 Å². The summed E-state index contributed by atoms with van der Waals surface area (Å²) in [5.74, 6) is 1.29. The molecular formula is C23H31N. The van der Waals surface area contributed by atoms with E-state index in [1.165, 1.54) is 23.1 Å². The van der Waals surface area contributed by atoms with Crippen molar-refractivity contribution < 1.29 is 0 Å². The molecular weight excluding hydrogens is 290 g/mol. The van der Waals surface area contributed by atoms with E-state index >= 15 is 0 Å². The quantitative estimate of drug-likeness (QED) is 0.578. The maximum atomic E-state index is 4.13. The maximum absolute atomic E-state index is 4.13. The van der Waals surface area contributed by atoms with Crippen LogP contribution < -0.4 is 0 Å². The van der Waals surface area contributed by atoms with Gasteiger partial charge >= 0.3 is 0 Å². The highest BCUT2D eigenvalue weighted by atomic mass is 14.6. The van der Waals surface area contributed by atoms with Crippen molar-refractivity contribution in [3.63, 3.8) is 0 Å². The van der Waals surface area contributed by atoms with Gasteiger partial charge in [0, 0.05) is 12.4 Å². The minimum Gasteiger partial charge on any atom is -0.264 e. The number of rotatable bonds is 5. The van der Waals surface area contributed by atoms with Gasteiger partial charge in [0.05, 0.1) is 0 Å². The first-order valence-corrected chi connectivity index (χ1v) is 8.88. The minimum atomic E-state index is 0.636. The molecule has 1 aromatic heterocycles. The smallest absolute Gasteiger partial charge is 0.0346 e. The highest BCUT2D eigenvalue weighted by Gasteiger charge is 1.96. The van der Waals surface area contributed by atoms with Gasteiger partial charge in [-0.15, -0.1) is 0 Å². The van der Waals surface area contributed by atoms with Crippen LogP contribution in [0, 0.1) is 5.92 Å². The van der Waals surface area contributed by atoms with Crippen LogP contribution in [0.5, 0.6) is 0 Å². The van der Waals surface area contributed by atoms with Crippen molar-refractivity contribution in [3.05, 3.63) is 77.6 Å². The van der Waals surface area contributed by atoms with Crippen LogP contribution in [0.4, 0.5) is 0 Å². The molecule has 0 fully saturated rings. The second-order valence-corrected chi connectivity index (χ2v) is 6.31. The lowest BCUT2D eigenvalue weighted by Crippen LogP contribution is -1.86. The second kappa shape index (κ2) is 11.4. The van der Waals surface area contributed by atoms with Crippen LogP contribution in [0.15, 0.2) is 60.9 Å². The maximum Gasteiger partial charge on any atom is 0.0346 e. The molecule has 0 aliphatic heterocycles. The lowest BCUT2D eigenvalue weighted by atomic mass is 10.0. The van der Waals surface area contributed by atoms with E-state index in [0.717, 1.165) is 0 Å². The molecule has 1 heterocycles. The fourth-order valence-corrected chi connectivity index (χ4v) is 2.13. The van der Waals surface area contributed by atoms with E-state index in [0.29, 0.717) is 11.8 Å². The van der Waals surface area contributed by atoms with Gasteiger partial charge in [-0.25, -0.2) is 0 Å². The molecule has 0 saturated carbocycles. The van der Waals surface area contributed by atoms with Crippen LogP contribution >= 0.6 is 0 Å². The molecule has 2 rings (SSSR count). The lowest BCUT2D eigenvalue weighted by Gasteiger charge is -2.02. The summed E-state index contributed by atoms with van der Waals surface area (Å²) in [6.07, 6.45) is 13.5. The van der Waals surface area contributed by atoms with E-state index in [4.69, 9.17) is 0 Å². The van der Waals surface area contributed by atoms with Gasteiger partial charge in [0.1, 0.15) is 0 Å². The summed E-state index contributed by atoms with van der Waals surface area (Å²) in [7, 11) is 0. The Morgan fingerprint density at radius 3 is 2.21 bits per heavy atom. The third kappa shape index (κ3) is 7.41. The van der Waals surface area contributed by atoms with Crippen LogP contribution in [-0.2, 0) is 0 Å². The number of allylic oxidation sites excluding steroid dienone is 2. The number of benzene rings is 1. The summed E-state index contributed by atoms with van der Waals surface area (Å²) in [6, 6.07) is 12.6. The van der Waals surface area contributed by atoms with E-state index < -0.39 is 0 Å². The van der Waals surface area contributed by atoms with Gasteiger partial charge in [-0.3, -0.25) is 4.98 Å². The normalized spacial score (nSPS) is 12.4. The van der Waals surface area contributed by atoms with Crippen molar-refractivity contribution >= 4 is 12.2 Å². The average molecular weight is 322 g/mol. The van der Waals surface area contributed by atoms with Crippen LogP contribution in [0.1, 0.15) is 63.6 Å². The minimum absolute atomic E-state index is 0.636. The van der Waals surface area contributed by atoms with Gasteiger partial charge < -0.3 is 0 Å². The fourth-order valence-electron chi connectivity index (χ4n) is 2.13. The molecule has 0 aliphatic carbocycles. The molecule has 0 aliphatic rings. The van der Waals surface area contributed by atoms with Crippen molar-refractivity contribution in [2.45, 2.75) is 47.0 Å². The largest absolute Gasteiger partial charge is 0.264 e. The van der Waals surface area contributed by atoms with Crippen LogP contribution in [-0.4, -0.2) is 4.98 Å². The Balaban J connectivity index is 0.000000272. The van der Waals surface area contributed by atoms with E-state index in [1.54, 1.807) is 0 Å². The first kappa shape index (κ1) is 19.9. The Labute approximate surface area is 148 Å². The van der Waals surface area contributed by atoms with Gasteiger partial charge in [-0.2, -0.15) is 0 Å². The average Bonchev–Trinajstić information content (AvgIpc) is 2.62. The molecule has 1 aromatic carbocycles. The monoisotopic (exact) mass is 321 g/mol. The first-order chi connectivity index (χ1) is 11.6. The summed E-state index contributed by atoms with van der Waals surface area (Å²) in [4.78, 5) is 4.13. The Kier molecular flexibility index (Phi) is 9.45. The third-order valence-corrected chi connectivity index (χ3v) is 3.95. The molecule has 1 nitrogen and oxygen atoms in total. The molecule has 0 bridgehead atoms. The molecule has 1 atom stereocenters. The third-order valence-electron chi connectivity index (χ3n) is 3.95. The van der Waals surface area contributed by atoms with Crippen LogP contribution in [0.3, 0.4) is 0 Å². The Bertz CT molecular complexity index is 623. The van der Waals surface area contributed by atoms with Gasteiger partial charge in [-0.1, -0.05) is 88.8 Å². The Morgan fingerprint density at radius 2 is 1.67 bits per heavy atom. The van der Waals surface area contributed by atoms with Crippen molar-refractivity contribution in [3.8, 4) is 0 Å². The first-order valence-electron chi connectivity index (χ1n) is 8.88. The Morgan fingerprint density at radius 1 is 0.958 bits per heavy atom. The molecule has 0 radical (unpaired) electrons. The number of hydrogen-bond donors (Lipinski definition) is 0. The molecule has 0 spiro atoms. The fraction of sp³-hybridized carbons (Fsp3) is 0.348. The standard InChI is InChI=1S/C14H19N.C9H12/c1-4-6-14-11-15-10-9-13(14)8-7-12(3)5-2;1-8(2)9-6-4-3-5-7-9/h4,6-12H,5H2,1-3H3;3-8H,1-2H3/b6-4-,8-7-;. The summed E-state index contributed by atoms with van der Waals surface area (Å²) in [6.45, 7) is 10.9. The molecule has 128 valence electrons. The summed E-state index contributed by atoms with van der Waals surface area (Å²) < 4.78 is 0. The molecule has 24 heavy (non-hydrogen) atoms. The van der Waals surface area contributed by atoms with E-state index in [-0.39, 0.29) is 0 Å². The topological polar surface area (TPSA) is 12.9 Å². The highest BCUT2D eigenvalue weighted by Crippen LogP contribution is 2.13. The lowest BCUT2D eigenvalue weighted by molar-refractivity contribution is 0.701. The van der Waals surface area contributed by atoms with Crippen molar-refractivity contribution in [1.82, 2.24) is 4.98 Å². The predicted octanol–water partition coefficient (Wildman–Crippen LogP) is 6.98. The molecule has 0 amide bonds. The second-order valence-electron chi connectivity index (χ2n) is 6.31. The van der Waals surface area contributed by atoms with Crippen LogP contribution in [0.25, 0.3) is 12.2 Å². The van der Waals surface area contributed by atoms with Gasteiger partial charge in [0.25, 0.3) is 0 Å². The van der Waals surface area contributed by atoms with Gasteiger partial charge in [-0.05, 0) is 41.5 Å². The summed E-state index contributed by atoms with van der Waals surface area (Å²) in [5.41, 5.74) is 3.83. The van der Waals surface area contributed by atoms with E-state index in [2.05, 4.69) is 75.2 Å². The zero-order valence-corrected chi connectivity index (χ0v) is 15.7.